The van der Waals surface area contributed by atoms with Crippen molar-refractivity contribution >= 4 is 12.0 Å². The molecule has 0 radical (unpaired) electrons. The highest BCUT2D eigenvalue weighted by atomic mass is 19.4. The van der Waals surface area contributed by atoms with Crippen molar-refractivity contribution < 1.29 is 31.9 Å². The molecule has 0 spiro atoms. The zero-order valence-electron chi connectivity index (χ0n) is 16.4. The Morgan fingerprint density at radius 2 is 1.79 bits per heavy atom. The van der Waals surface area contributed by atoms with E-state index in [2.05, 4.69) is 10.6 Å². The fourth-order valence-corrected chi connectivity index (χ4v) is 2.36. The number of hydrogen-bond donors (Lipinski definition) is 2. The quantitative estimate of drug-likeness (QED) is 0.653. The van der Waals surface area contributed by atoms with Crippen LogP contribution in [0.5, 0.6) is 0 Å². The molecule has 0 aromatic heterocycles. The highest BCUT2D eigenvalue weighted by Gasteiger charge is 2.31. The Kier molecular flexibility index (Phi) is 8.26. The number of halogens is 4. The molecule has 1 atom stereocenters. The van der Waals surface area contributed by atoms with E-state index in [0.717, 1.165) is 12.1 Å². The third kappa shape index (κ3) is 9.05. The van der Waals surface area contributed by atoms with Crippen LogP contribution < -0.4 is 10.6 Å². The Morgan fingerprint density at radius 1 is 1.14 bits per heavy atom. The van der Waals surface area contributed by atoms with Crippen LogP contribution in [0.15, 0.2) is 18.2 Å². The van der Waals surface area contributed by atoms with Crippen LogP contribution in [0.4, 0.5) is 22.4 Å². The summed E-state index contributed by atoms with van der Waals surface area (Å²) in [4.78, 5) is 23.7. The number of carbonyl (C=O) groups is 2. The van der Waals surface area contributed by atoms with Crippen molar-refractivity contribution in [2.45, 2.75) is 71.3 Å². The molecule has 5 nitrogen and oxygen atoms in total. The summed E-state index contributed by atoms with van der Waals surface area (Å²) in [5, 5.41) is 5.13. The van der Waals surface area contributed by atoms with E-state index in [1.54, 1.807) is 20.8 Å². The van der Waals surface area contributed by atoms with Gasteiger partial charge >= 0.3 is 12.3 Å². The van der Waals surface area contributed by atoms with Crippen molar-refractivity contribution in [1.29, 1.82) is 0 Å². The number of nitrogens with one attached hydrogen (secondary N) is 2. The number of alkyl halides is 3. The van der Waals surface area contributed by atoms with Crippen LogP contribution >= 0.6 is 0 Å². The molecule has 2 amide bonds. The molecule has 1 rings (SSSR count). The number of ether oxygens (including phenoxy) is 1. The van der Waals surface area contributed by atoms with E-state index in [0.29, 0.717) is 18.9 Å². The van der Waals surface area contributed by atoms with Gasteiger partial charge in [0.1, 0.15) is 11.4 Å². The van der Waals surface area contributed by atoms with Gasteiger partial charge in [0, 0.05) is 19.0 Å². The lowest BCUT2D eigenvalue weighted by Gasteiger charge is -2.23. The molecule has 1 unspecified atom stereocenters. The second kappa shape index (κ2) is 9.75. The molecule has 0 saturated carbocycles. The number of benzene rings is 1. The molecule has 0 fully saturated rings. The van der Waals surface area contributed by atoms with Gasteiger partial charge in [-0.15, -0.1) is 0 Å². The molecule has 0 heterocycles. The number of hydrogen-bond acceptors (Lipinski definition) is 3. The van der Waals surface area contributed by atoms with E-state index in [1.165, 1.54) is 0 Å². The summed E-state index contributed by atoms with van der Waals surface area (Å²) >= 11 is 0. The van der Waals surface area contributed by atoms with Gasteiger partial charge in [0.15, 0.2) is 0 Å². The van der Waals surface area contributed by atoms with Gasteiger partial charge in [-0.25, -0.2) is 9.18 Å². The summed E-state index contributed by atoms with van der Waals surface area (Å²) in [7, 11) is 0. The summed E-state index contributed by atoms with van der Waals surface area (Å²) in [5.41, 5.74) is -1.73. The van der Waals surface area contributed by atoms with Crippen molar-refractivity contribution in [3.63, 3.8) is 0 Å². The Bertz CT molecular complexity index is 685. The zero-order valence-corrected chi connectivity index (χ0v) is 16.4. The molecular formula is C19H26F4N2O3. The summed E-state index contributed by atoms with van der Waals surface area (Å²) in [6.45, 7) is 6.81. The van der Waals surface area contributed by atoms with Gasteiger partial charge < -0.3 is 15.4 Å². The molecular weight excluding hydrogens is 380 g/mol. The monoisotopic (exact) mass is 406 g/mol. The second-order valence-corrected chi connectivity index (χ2v) is 7.41. The van der Waals surface area contributed by atoms with E-state index in [-0.39, 0.29) is 24.6 Å². The molecule has 1 aromatic carbocycles. The van der Waals surface area contributed by atoms with Crippen LogP contribution in [0.1, 0.15) is 58.1 Å². The van der Waals surface area contributed by atoms with Gasteiger partial charge in [0.25, 0.3) is 0 Å². The van der Waals surface area contributed by atoms with Gasteiger partial charge in [0.05, 0.1) is 5.56 Å². The number of amides is 2. The average Bonchev–Trinajstić information content (AvgIpc) is 2.53. The lowest BCUT2D eigenvalue weighted by molar-refractivity contribution is -0.137. The first-order valence-corrected chi connectivity index (χ1v) is 8.93. The first-order valence-electron chi connectivity index (χ1n) is 8.93. The normalized spacial score (nSPS) is 13.0. The maximum Gasteiger partial charge on any atom is 0.416 e. The molecule has 0 aliphatic carbocycles. The standard InChI is InChI=1S/C19H26F4N2O3/c1-5-15(25-17(27)28-18(2,3)4)6-7-16(26)24-11-12-8-13(19(21,22)23)10-14(20)9-12/h8-10,15H,5-7,11H2,1-4H3,(H,24,26)(H,25,27). The zero-order chi connectivity index (χ0) is 21.5. The number of carbonyl (C=O) groups excluding carboxylic acids is 2. The molecule has 9 heteroatoms. The third-order valence-electron chi connectivity index (χ3n) is 3.71. The lowest BCUT2D eigenvalue weighted by atomic mass is 10.1. The average molecular weight is 406 g/mol. The van der Waals surface area contributed by atoms with E-state index in [4.69, 9.17) is 4.74 Å². The van der Waals surface area contributed by atoms with Crippen LogP contribution in [0.2, 0.25) is 0 Å². The first-order chi connectivity index (χ1) is 12.8. The van der Waals surface area contributed by atoms with Crippen molar-refractivity contribution in [3.05, 3.63) is 35.1 Å². The van der Waals surface area contributed by atoms with Crippen molar-refractivity contribution in [2.24, 2.45) is 0 Å². The molecule has 2 N–H and O–H groups in total. The van der Waals surface area contributed by atoms with E-state index < -0.39 is 35.2 Å². The summed E-state index contributed by atoms with van der Waals surface area (Å²) in [5.74, 6) is -1.44. The van der Waals surface area contributed by atoms with Gasteiger partial charge in [-0.2, -0.15) is 13.2 Å². The minimum absolute atomic E-state index is 0.0135. The number of rotatable bonds is 7. The SMILES string of the molecule is CCC(CCC(=O)NCc1cc(F)cc(C(F)(F)F)c1)NC(=O)OC(C)(C)C. The molecule has 158 valence electrons. The maximum atomic E-state index is 13.4. The Hall–Kier alpha value is -2.32. The summed E-state index contributed by atoms with van der Waals surface area (Å²) in [6.07, 6.45) is -4.29. The van der Waals surface area contributed by atoms with Crippen molar-refractivity contribution in [3.8, 4) is 0 Å². The minimum atomic E-state index is -4.66. The van der Waals surface area contributed by atoms with Crippen LogP contribution in [0.3, 0.4) is 0 Å². The van der Waals surface area contributed by atoms with Crippen molar-refractivity contribution in [2.75, 3.05) is 0 Å². The number of alkyl carbamates (subject to hydrolysis) is 1. The topological polar surface area (TPSA) is 67.4 Å². The predicted octanol–water partition coefficient (Wildman–Crippen LogP) is 4.54. The second-order valence-electron chi connectivity index (χ2n) is 7.41. The van der Waals surface area contributed by atoms with Crippen molar-refractivity contribution in [1.82, 2.24) is 10.6 Å². The Balaban J connectivity index is 2.52. The maximum absolute atomic E-state index is 13.4. The Morgan fingerprint density at radius 3 is 2.32 bits per heavy atom. The van der Waals surface area contributed by atoms with Gasteiger partial charge in [-0.1, -0.05) is 6.92 Å². The fourth-order valence-electron chi connectivity index (χ4n) is 2.36. The van der Waals surface area contributed by atoms with E-state index in [9.17, 15) is 27.2 Å². The fraction of sp³-hybridized carbons (Fsp3) is 0.579. The van der Waals surface area contributed by atoms with Crippen LogP contribution in [0, 0.1) is 5.82 Å². The summed E-state index contributed by atoms with van der Waals surface area (Å²) < 4.78 is 56.6. The highest BCUT2D eigenvalue weighted by molar-refractivity contribution is 5.76. The minimum Gasteiger partial charge on any atom is -0.444 e. The summed E-state index contributed by atoms with van der Waals surface area (Å²) in [6, 6.07) is 1.85. The predicted molar refractivity (Wildman–Crippen MR) is 95.9 cm³/mol. The van der Waals surface area contributed by atoms with E-state index >= 15 is 0 Å². The van der Waals surface area contributed by atoms with Crippen LogP contribution in [0.25, 0.3) is 0 Å². The molecule has 28 heavy (non-hydrogen) atoms. The first kappa shape index (κ1) is 23.7. The molecule has 0 aliphatic heterocycles. The highest BCUT2D eigenvalue weighted by Crippen LogP contribution is 2.30. The lowest BCUT2D eigenvalue weighted by Crippen LogP contribution is -2.39. The van der Waals surface area contributed by atoms with E-state index in [1.807, 2.05) is 6.92 Å². The largest absolute Gasteiger partial charge is 0.444 e. The molecule has 0 bridgehead atoms. The smallest absolute Gasteiger partial charge is 0.416 e. The van der Waals surface area contributed by atoms with Gasteiger partial charge in [-0.05, 0) is 57.4 Å². The van der Waals surface area contributed by atoms with Gasteiger partial charge in [-0.3, -0.25) is 4.79 Å². The molecule has 1 aromatic rings. The van der Waals surface area contributed by atoms with Gasteiger partial charge in [0.2, 0.25) is 5.91 Å². The van der Waals surface area contributed by atoms with Crippen LogP contribution in [-0.2, 0) is 22.3 Å². The third-order valence-corrected chi connectivity index (χ3v) is 3.71. The molecule has 0 aliphatic rings. The molecule has 0 saturated heterocycles. The van der Waals surface area contributed by atoms with Crippen LogP contribution in [-0.4, -0.2) is 23.6 Å². The Labute approximate surface area is 161 Å².